The molecule has 1 aromatic carbocycles. The van der Waals surface area contributed by atoms with Crippen molar-refractivity contribution in [3.05, 3.63) is 34.9 Å². The van der Waals surface area contributed by atoms with Gasteiger partial charge in [-0.2, -0.15) is 0 Å². The van der Waals surface area contributed by atoms with E-state index in [0.29, 0.717) is 30.6 Å². The van der Waals surface area contributed by atoms with Gasteiger partial charge in [0, 0.05) is 56.9 Å². The average molecular weight is 398 g/mol. The standard InChI is InChI=1S/C21H26N4O4/c26-19-5-4-18(20(27)23-19)25-11-17-13(2-1-3-16(17)21(25)28)10-24(15-8-22-9-15)14-6-7-29-12-14/h1-3,14-15,18,22H,4-12H2,(H,23,26,27). The zero-order valence-electron chi connectivity index (χ0n) is 16.4. The SMILES string of the molecule is O=C1CCC(N2Cc3c(CN(C4CNC4)C4CCOC4)cccc3C2=O)C(=O)N1. The number of piperidine rings is 1. The third kappa shape index (κ3) is 3.35. The quantitative estimate of drug-likeness (QED) is 0.679. The molecule has 3 fully saturated rings. The van der Waals surface area contributed by atoms with Crippen molar-refractivity contribution in [3.63, 3.8) is 0 Å². The highest BCUT2D eigenvalue weighted by atomic mass is 16.5. The van der Waals surface area contributed by atoms with Crippen LogP contribution < -0.4 is 10.6 Å². The highest BCUT2D eigenvalue weighted by Gasteiger charge is 2.40. The second-order valence-electron chi connectivity index (χ2n) is 8.35. The summed E-state index contributed by atoms with van der Waals surface area (Å²) in [4.78, 5) is 41.0. The number of carbonyl (C=O) groups excluding carboxylic acids is 3. The molecule has 4 aliphatic heterocycles. The Morgan fingerprint density at radius 2 is 2.00 bits per heavy atom. The first-order valence-corrected chi connectivity index (χ1v) is 10.4. The lowest BCUT2D eigenvalue weighted by Crippen LogP contribution is -2.59. The molecule has 0 aromatic heterocycles. The fourth-order valence-corrected chi connectivity index (χ4v) is 4.84. The monoisotopic (exact) mass is 398 g/mol. The summed E-state index contributed by atoms with van der Waals surface area (Å²) in [6.45, 7) is 4.72. The maximum Gasteiger partial charge on any atom is 0.255 e. The van der Waals surface area contributed by atoms with Gasteiger partial charge in [0.15, 0.2) is 0 Å². The van der Waals surface area contributed by atoms with Crippen LogP contribution in [0.4, 0.5) is 0 Å². The average Bonchev–Trinajstić information content (AvgIpc) is 3.29. The minimum absolute atomic E-state index is 0.114. The van der Waals surface area contributed by atoms with Crippen LogP contribution in [0.1, 0.15) is 40.7 Å². The van der Waals surface area contributed by atoms with Crippen molar-refractivity contribution in [2.24, 2.45) is 0 Å². The molecule has 2 N–H and O–H groups in total. The van der Waals surface area contributed by atoms with E-state index in [1.165, 1.54) is 0 Å². The first kappa shape index (κ1) is 18.7. The van der Waals surface area contributed by atoms with Gasteiger partial charge in [-0.15, -0.1) is 0 Å². The summed E-state index contributed by atoms with van der Waals surface area (Å²) >= 11 is 0. The zero-order valence-corrected chi connectivity index (χ0v) is 16.4. The number of fused-ring (bicyclic) bond motifs is 1. The number of nitrogens with zero attached hydrogens (tertiary/aromatic N) is 2. The van der Waals surface area contributed by atoms with Gasteiger partial charge in [0.05, 0.1) is 6.61 Å². The molecule has 5 rings (SSSR count). The molecule has 0 aliphatic carbocycles. The first-order chi connectivity index (χ1) is 14.1. The number of benzene rings is 1. The first-order valence-electron chi connectivity index (χ1n) is 10.4. The normalized spacial score (nSPS) is 27.3. The van der Waals surface area contributed by atoms with Crippen LogP contribution in [0.15, 0.2) is 18.2 Å². The van der Waals surface area contributed by atoms with E-state index in [0.717, 1.165) is 50.4 Å². The molecule has 0 spiro atoms. The van der Waals surface area contributed by atoms with Gasteiger partial charge in [-0.25, -0.2) is 0 Å². The minimum atomic E-state index is -0.574. The van der Waals surface area contributed by atoms with Crippen LogP contribution in [0.3, 0.4) is 0 Å². The van der Waals surface area contributed by atoms with Crippen LogP contribution in [-0.4, -0.2) is 72.0 Å². The molecule has 0 saturated carbocycles. The Labute approximate surface area is 169 Å². The van der Waals surface area contributed by atoms with Gasteiger partial charge >= 0.3 is 0 Å². The summed E-state index contributed by atoms with van der Waals surface area (Å²) in [5.41, 5.74) is 2.84. The van der Waals surface area contributed by atoms with Crippen LogP contribution in [0, 0.1) is 0 Å². The van der Waals surface area contributed by atoms with Gasteiger partial charge < -0.3 is 15.0 Å². The van der Waals surface area contributed by atoms with E-state index in [2.05, 4.69) is 21.6 Å². The van der Waals surface area contributed by atoms with Gasteiger partial charge in [0.2, 0.25) is 11.8 Å². The summed E-state index contributed by atoms with van der Waals surface area (Å²) < 4.78 is 5.62. The molecule has 1 aromatic rings. The highest BCUT2D eigenvalue weighted by molar-refractivity contribution is 6.05. The molecule has 8 nitrogen and oxygen atoms in total. The van der Waals surface area contributed by atoms with Gasteiger partial charge in [-0.3, -0.25) is 24.6 Å². The lowest BCUT2D eigenvalue weighted by Gasteiger charge is -2.41. The van der Waals surface area contributed by atoms with E-state index < -0.39 is 6.04 Å². The number of hydrogen-bond donors (Lipinski definition) is 2. The summed E-state index contributed by atoms with van der Waals surface area (Å²) in [5.74, 6) is -0.744. The molecule has 2 unspecified atom stereocenters. The van der Waals surface area contributed by atoms with Crippen molar-refractivity contribution in [3.8, 4) is 0 Å². The molecule has 0 bridgehead atoms. The Hall–Kier alpha value is -2.29. The van der Waals surface area contributed by atoms with E-state index in [9.17, 15) is 14.4 Å². The van der Waals surface area contributed by atoms with Crippen LogP contribution in [-0.2, 0) is 27.4 Å². The van der Waals surface area contributed by atoms with Crippen LogP contribution in [0.5, 0.6) is 0 Å². The van der Waals surface area contributed by atoms with Crippen molar-refractivity contribution in [2.45, 2.75) is 50.5 Å². The van der Waals surface area contributed by atoms with Gasteiger partial charge in [0.1, 0.15) is 6.04 Å². The molecule has 3 amide bonds. The molecule has 154 valence electrons. The number of carbonyl (C=O) groups is 3. The number of amides is 3. The Bertz CT molecular complexity index is 847. The smallest absolute Gasteiger partial charge is 0.255 e. The van der Waals surface area contributed by atoms with E-state index in [1.807, 2.05) is 12.1 Å². The van der Waals surface area contributed by atoms with Crippen molar-refractivity contribution in [1.29, 1.82) is 0 Å². The molecule has 8 heteroatoms. The predicted molar refractivity (Wildman–Crippen MR) is 104 cm³/mol. The largest absolute Gasteiger partial charge is 0.380 e. The van der Waals surface area contributed by atoms with Gasteiger partial charge in [-0.05, 0) is 30.0 Å². The minimum Gasteiger partial charge on any atom is -0.380 e. The lowest BCUT2D eigenvalue weighted by atomic mass is 9.99. The molecular weight excluding hydrogens is 372 g/mol. The molecular formula is C21H26N4O4. The van der Waals surface area contributed by atoms with E-state index in [-0.39, 0.29) is 24.1 Å². The maximum atomic E-state index is 13.0. The van der Waals surface area contributed by atoms with Crippen LogP contribution in [0.2, 0.25) is 0 Å². The molecule has 4 aliphatic rings. The van der Waals surface area contributed by atoms with E-state index in [1.54, 1.807) is 4.90 Å². The third-order valence-corrected chi connectivity index (χ3v) is 6.64. The topological polar surface area (TPSA) is 91.0 Å². The van der Waals surface area contributed by atoms with Gasteiger partial charge in [-0.1, -0.05) is 12.1 Å². The number of rotatable bonds is 5. The highest BCUT2D eigenvalue weighted by Crippen LogP contribution is 2.31. The Balaban J connectivity index is 1.39. The summed E-state index contributed by atoms with van der Waals surface area (Å²) in [6.07, 6.45) is 1.69. The number of ether oxygens (including phenoxy) is 1. The Morgan fingerprint density at radius 1 is 1.14 bits per heavy atom. The molecule has 0 radical (unpaired) electrons. The Morgan fingerprint density at radius 3 is 2.69 bits per heavy atom. The van der Waals surface area contributed by atoms with Crippen LogP contribution in [0.25, 0.3) is 0 Å². The Kier molecular flexibility index (Phi) is 4.85. The lowest BCUT2D eigenvalue weighted by molar-refractivity contribution is -0.136. The molecule has 2 atom stereocenters. The third-order valence-electron chi connectivity index (χ3n) is 6.64. The number of hydrogen-bond acceptors (Lipinski definition) is 6. The molecule has 29 heavy (non-hydrogen) atoms. The van der Waals surface area contributed by atoms with Crippen molar-refractivity contribution < 1.29 is 19.1 Å². The maximum absolute atomic E-state index is 13.0. The molecule has 4 heterocycles. The fraction of sp³-hybridized carbons (Fsp3) is 0.571. The van der Waals surface area contributed by atoms with E-state index >= 15 is 0 Å². The fourth-order valence-electron chi connectivity index (χ4n) is 4.84. The van der Waals surface area contributed by atoms with Gasteiger partial charge in [0.25, 0.3) is 5.91 Å². The second kappa shape index (κ2) is 7.51. The summed E-state index contributed by atoms with van der Waals surface area (Å²) in [5, 5.41) is 5.72. The number of imide groups is 1. The second-order valence-corrected chi connectivity index (χ2v) is 8.35. The van der Waals surface area contributed by atoms with Crippen LogP contribution >= 0.6 is 0 Å². The van der Waals surface area contributed by atoms with Crippen molar-refractivity contribution in [2.75, 3.05) is 26.3 Å². The predicted octanol–water partition coefficient (Wildman–Crippen LogP) is 0.0103. The summed E-state index contributed by atoms with van der Waals surface area (Å²) in [6, 6.07) is 6.19. The summed E-state index contributed by atoms with van der Waals surface area (Å²) in [7, 11) is 0. The number of nitrogens with one attached hydrogen (secondary N) is 2. The van der Waals surface area contributed by atoms with Crippen molar-refractivity contribution in [1.82, 2.24) is 20.4 Å². The van der Waals surface area contributed by atoms with E-state index in [4.69, 9.17) is 4.74 Å². The zero-order chi connectivity index (χ0) is 20.0. The molecule has 3 saturated heterocycles. The van der Waals surface area contributed by atoms with Crippen molar-refractivity contribution >= 4 is 17.7 Å².